The standard InChI is InChI=1S/C30H33NO5.CH4O3S/c1-18-8-11-23(20(3)14-18)28(33)35-26-13-10-22(25(32)17-31-30(5,6)7)16-27(26)36-29(34)24-12-9-19(2)15-21(24)4;1-5(2,3)4/h8-16,31H,17H2,1-7H3;1H3,(H,2,3,4). The number of Topliss-reactive ketones (excluding diaryl/α,β-unsaturated/α-hetero) is 1. The van der Waals surface area contributed by atoms with Crippen LogP contribution in [0.1, 0.15) is 74.1 Å². The van der Waals surface area contributed by atoms with Crippen molar-refractivity contribution in [2.45, 2.75) is 54.0 Å². The van der Waals surface area contributed by atoms with Crippen LogP contribution in [0.3, 0.4) is 0 Å². The molecule has 0 heterocycles. The molecule has 3 rings (SSSR count). The van der Waals surface area contributed by atoms with Crippen LogP contribution in [0.5, 0.6) is 11.5 Å². The normalized spacial score (nSPS) is 11.2. The van der Waals surface area contributed by atoms with Crippen LogP contribution >= 0.6 is 0 Å². The van der Waals surface area contributed by atoms with E-state index in [1.807, 2.05) is 72.7 Å². The molecule has 9 nitrogen and oxygen atoms in total. The molecule has 0 saturated heterocycles. The lowest BCUT2D eigenvalue weighted by Gasteiger charge is -2.20. The molecular formula is C31H37NO8S. The zero-order chi connectivity index (χ0) is 31.1. The van der Waals surface area contributed by atoms with E-state index in [1.54, 1.807) is 18.2 Å². The van der Waals surface area contributed by atoms with Gasteiger partial charge < -0.3 is 14.8 Å². The Morgan fingerprint density at radius 1 is 0.756 bits per heavy atom. The maximum Gasteiger partial charge on any atom is 0.343 e. The third-order valence-corrected chi connectivity index (χ3v) is 5.65. The fraction of sp³-hybridized carbons (Fsp3) is 0.323. The molecule has 0 atom stereocenters. The van der Waals surface area contributed by atoms with E-state index in [9.17, 15) is 22.8 Å². The van der Waals surface area contributed by atoms with Crippen LogP contribution in [0.25, 0.3) is 0 Å². The molecule has 0 spiro atoms. The number of hydrogen-bond acceptors (Lipinski definition) is 8. The summed E-state index contributed by atoms with van der Waals surface area (Å²) in [5, 5.41) is 3.16. The SMILES string of the molecule is CS(=O)(=O)O.Cc1ccc(C(=O)Oc2ccc(C(=O)CNC(C)(C)C)cc2OC(=O)c2ccc(C)cc2C)c(C)c1. The highest BCUT2D eigenvalue weighted by atomic mass is 32.2. The van der Waals surface area contributed by atoms with Gasteiger partial charge in [0.05, 0.1) is 23.9 Å². The second kappa shape index (κ2) is 13.7. The van der Waals surface area contributed by atoms with Gasteiger partial charge in [0.15, 0.2) is 17.3 Å². The third kappa shape index (κ3) is 11.3. The van der Waals surface area contributed by atoms with Crippen LogP contribution < -0.4 is 14.8 Å². The fourth-order valence-corrected chi connectivity index (χ4v) is 3.69. The Hall–Kier alpha value is -3.86. The average molecular weight is 584 g/mol. The van der Waals surface area contributed by atoms with Crippen LogP contribution in [-0.4, -0.2) is 49.0 Å². The Labute approximate surface area is 241 Å². The van der Waals surface area contributed by atoms with Gasteiger partial charge in [-0.2, -0.15) is 8.42 Å². The summed E-state index contributed by atoms with van der Waals surface area (Å²) in [6.07, 6.45) is 0.715. The maximum absolute atomic E-state index is 13.0. The Morgan fingerprint density at radius 2 is 1.20 bits per heavy atom. The molecule has 2 N–H and O–H groups in total. The summed E-state index contributed by atoms with van der Waals surface area (Å²) in [5.74, 6) is -1.31. The lowest BCUT2D eigenvalue weighted by atomic mass is 10.1. The quantitative estimate of drug-likeness (QED) is 0.161. The summed E-state index contributed by atoms with van der Waals surface area (Å²) in [5.41, 5.74) is 4.46. The number of carbonyl (C=O) groups excluding carboxylic acids is 3. The number of hydrogen-bond donors (Lipinski definition) is 2. The summed E-state index contributed by atoms with van der Waals surface area (Å²) in [7, 11) is -3.67. The summed E-state index contributed by atoms with van der Waals surface area (Å²) in [6, 6.07) is 15.3. The van der Waals surface area contributed by atoms with Crippen LogP contribution in [0.15, 0.2) is 54.6 Å². The molecule has 0 aliphatic carbocycles. The van der Waals surface area contributed by atoms with E-state index in [4.69, 9.17) is 14.0 Å². The molecule has 0 saturated carbocycles. The summed E-state index contributed by atoms with van der Waals surface area (Å²) in [6.45, 7) is 13.5. The lowest BCUT2D eigenvalue weighted by molar-refractivity contribution is 0.0681. The van der Waals surface area contributed by atoms with E-state index >= 15 is 0 Å². The molecule has 0 aliphatic rings. The van der Waals surface area contributed by atoms with Gasteiger partial charge in [-0.05, 0) is 89.9 Å². The molecule has 0 unspecified atom stereocenters. The maximum atomic E-state index is 13.0. The minimum Gasteiger partial charge on any atom is -0.419 e. The van der Waals surface area contributed by atoms with E-state index in [0.29, 0.717) is 22.9 Å². The van der Waals surface area contributed by atoms with Crippen molar-refractivity contribution < 1.29 is 36.8 Å². The summed E-state index contributed by atoms with van der Waals surface area (Å²) < 4.78 is 37.2. The molecule has 10 heteroatoms. The molecule has 3 aromatic carbocycles. The average Bonchev–Trinajstić information content (AvgIpc) is 2.81. The summed E-state index contributed by atoms with van der Waals surface area (Å²) >= 11 is 0. The third-order valence-electron chi connectivity index (χ3n) is 5.65. The minimum atomic E-state index is -3.67. The van der Waals surface area contributed by atoms with Crippen molar-refractivity contribution in [1.82, 2.24) is 5.32 Å². The first-order chi connectivity index (χ1) is 18.8. The number of carbonyl (C=O) groups is 3. The Bertz CT molecular complexity index is 1540. The number of ketones is 1. The number of nitrogens with one attached hydrogen (secondary N) is 1. The van der Waals surface area contributed by atoms with E-state index in [1.165, 1.54) is 12.1 Å². The van der Waals surface area contributed by atoms with Gasteiger partial charge in [0.25, 0.3) is 10.1 Å². The Kier molecular flexibility index (Phi) is 11.1. The second-order valence-corrected chi connectivity index (χ2v) is 12.3. The molecule has 0 fully saturated rings. The first kappa shape index (κ1) is 33.3. The molecule has 0 aliphatic heterocycles. The number of rotatable bonds is 7. The van der Waals surface area contributed by atoms with Gasteiger partial charge in [0.1, 0.15) is 0 Å². The molecule has 41 heavy (non-hydrogen) atoms. The first-order valence-corrected chi connectivity index (χ1v) is 14.6. The van der Waals surface area contributed by atoms with Crippen molar-refractivity contribution in [2.75, 3.05) is 12.8 Å². The topological polar surface area (TPSA) is 136 Å². The van der Waals surface area contributed by atoms with Crippen molar-refractivity contribution in [3.05, 3.63) is 93.5 Å². The second-order valence-electron chi connectivity index (χ2n) is 10.8. The molecule has 0 bridgehead atoms. The fourth-order valence-electron chi connectivity index (χ4n) is 3.69. The van der Waals surface area contributed by atoms with Crippen LogP contribution in [0.2, 0.25) is 0 Å². The Balaban J connectivity index is 0.00000108. The predicted octanol–water partition coefficient (Wildman–Crippen LogP) is 5.43. The minimum absolute atomic E-state index is 0.000279. The highest BCUT2D eigenvalue weighted by Crippen LogP contribution is 2.31. The van der Waals surface area contributed by atoms with E-state index < -0.39 is 22.1 Å². The number of esters is 2. The van der Waals surface area contributed by atoms with Crippen molar-refractivity contribution in [1.29, 1.82) is 0 Å². The van der Waals surface area contributed by atoms with Crippen molar-refractivity contribution in [3.63, 3.8) is 0 Å². The monoisotopic (exact) mass is 583 g/mol. The molecule has 220 valence electrons. The van der Waals surface area contributed by atoms with E-state index in [0.717, 1.165) is 22.3 Å². The zero-order valence-corrected chi connectivity index (χ0v) is 25.4. The highest BCUT2D eigenvalue weighted by molar-refractivity contribution is 7.85. The zero-order valence-electron chi connectivity index (χ0n) is 24.6. The van der Waals surface area contributed by atoms with Gasteiger partial charge in [-0.3, -0.25) is 9.35 Å². The first-order valence-electron chi connectivity index (χ1n) is 12.8. The number of ether oxygens (including phenoxy) is 2. The van der Waals surface area contributed by atoms with Crippen LogP contribution in [-0.2, 0) is 10.1 Å². The number of benzene rings is 3. The van der Waals surface area contributed by atoms with Crippen LogP contribution in [0.4, 0.5) is 0 Å². The molecule has 3 aromatic rings. The lowest BCUT2D eigenvalue weighted by Crippen LogP contribution is -2.39. The molecule has 0 amide bonds. The van der Waals surface area contributed by atoms with Crippen molar-refractivity contribution >= 4 is 27.8 Å². The van der Waals surface area contributed by atoms with Crippen molar-refractivity contribution in [2.24, 2.45) is 0 Å². The molecular weight excluding hydrogens is 546 g/mol. The van der Waals surface area contributed by atoms with Crippen molar-refractivity contribution in [3.8, 4) is 11.5 Å². The summed E-state index contributed by atoms with van der Waals surface area (Å²) in [4.78, 5) is 38.8. The van der Waals surface area contributed by atoms with Gasteiger partial charge in [-0.1, -0.05) is 35.4 Å². The van der Waals surface area contributed by atoms with Gasteiger partial charge in [-0.25, -0.2) is 9.59 Å². The van der Waals surface area contributed by atoms with Gasteiger partial charge in [0.2, 0.25) is 0 Å². The molecule has 0 aromatic heterocycles. The number of aryl methyl sites for hydroxylation is 4. The van der Waals surface area contributed by atoms with E-state index in [-0.39, 0.29) is 29.4 Å². The van der Waals surface area contributed by atoms with Crippen LogP contribution in [0, 0.1) is 27.7 Å². The van der Waals surface area contributed by atoms with Gasteiger partial charge in [0, 0.05) is 11.1 Å². The molecule has 0 radical (unpaired) electrons. The smallest absolute Gasteiger partial charge is 0.343 e. The van der Waals surface area contributed by atoms with Gasteiger partial charge in [-0.15, -0.1) is 0 Å². The largest absolute Gasteiger partial charge is 0.419 e. The predicted molar refractivity (Wildman–Crippen MR) is 158 cm³/mol. The Morgan fingerprint density at radius 3 is 1.61 bits per heavy atom. The highest BCUT2D eigenvalue weighted by Gasteiger charge is 2.21. The van der Waals surface area contributed by atoms with Gasteiger partial charge >= 0.3 is 11.9 Å². The van der Waals surface area contributed by atoms with E-state index in [2.05, 4.69) is 5.32 Å².